The largest absolute Gasteiger partial charge is 0.298 e. The molecule has 0 aliphatic carbocycles. The van der Waals surface area contributed by atoms with Gasteiger partial charge in [0.25, 0.3) is 0 Å². The van der Waals surface area contributed by atoms with E-state index in [-0.39, 0.29) is 24.4 Å². The summed E-state index contributed by atoms with van der Waals surface area (Å²) in [5, 5.41) is 0. The lowest BCUT2D eigenvalue weighted by Gasteiger charge is -2.09. The van der Waals surface area contributed by atoms with E-state index in [1.165, 1.54) is 0 Å². The van der Waals surface area contributed by atoms with Crippen molar-refractivity contribution in [1.82, 2.24) is 0 Å². The van der Waals surface area contributed by atoms with E-state index in [1.54, 1.807) is 6.92 Å². The molecule has 0 heterocycles. The molecular formula is C10H12ClF2NO3S. The van der Waals surface area contributed by atoms with Crippen LogP contribution in [0.1, 0.15) is 23.7 Å². The van der Waals surface area contributed by atoms with Gasteiger partial charge in [0.1, 0.15) is 5.82 Å². The van der Waals surface area contributed by atoms with Crippen molar-refractivity contribution >= 4 is 34.4 Å². The zero-order valence-electron chi connectivity index (χ0n) is 9.44. The van der Waals surface area contributed by atoms with Crippen LogP contribution in [0.5, 0.6) is 0 Å². The summed E-state index contributed by atoms with van der Waals surface area (Å²) in [6.45, 7) is 1.65. The standard InChI is InChI=1S/C10H11F2NO3S.ClH/c1-2-5-17(15,16)13-9-4-3-8(11)7(6-14)10(9)12;/h3-4,6,13H,2,5H2,1H3;1H. The molecule has 0 aliphatic rings. The molecule has 0 spiro atoms. The summed E-state index contributed by atoms with van der Waals surface area (Å²) in [7, 11) is -3.67. The molecule has 4 nitrogen and oxygen atoms in total. The van der Waals surface area contributed by atoms with Crippen molar-refractivity contribution in [2.24, 2.45) is 0 Å². The Balaban J connectivity index is 0.00000289. The zero-order chi connectivity index (χ0) is 13.1. The highest BCUT2D eigenvalue weighted by Gasteiger charge is 2.17. The molecule has 8 heteroatoms. The average Bonchev–Trinajstić information content (AvgIpc) is 2.23. The van der Waals surface area contributed by atoms with E-state index in [4.69, 9.17) is 0 Å². The number of nitrogens with one attached hydrogen (secondary N) is 1. The molecule has 0 saturated heterocycles. The molecule has 1 rings (SSSR count). The fraction of sp³-hybridized carbons (Fsp3) is 0.300. The smallest absolute Gasteiger partial charge is 0.232 e. The molecule has 0 radical (unpaired) electrons. The van der Waals surface area contributed by atoms with Crippen LogP contribution in [-0.2, 0) is 10.0 Å². The number of carbonyl (C=O) groups is 1. The van der Waals surface area contributed by atoms with Crippen molar-refractivity contribution < 1.29 is 22.0 Å². The molecule has 0 bridgehead atoms. The molecule has 0 fully saturated rings. The first-order chi connectivity index (χ1) is 7.91. The van der Waals surface area contributed by atoms with Crippen molar-refractivity contribution in [2.45, 2.75) is 13.3 Å². The summed E-state index contributed by atoms with van der Waals surface area (Å²) in [4.78, 5) is 10.4. The zero-order valence-corrected chi connectivity index (χ0v) is 11.1. The van der Waals surface area contributed by atoms with Crippen molar-refractivity contribution in [3.8, 4) is 0 Å². The Morgan fingerprint density at radius 2 is 1.94 bits per heavy atom. The Morgan fingerprint density at radius 1 is 1.33 bits per heavy atom. The normalized spacial score (nSPS) is 10.6. The number of carbonyl (C=O) groups excluding carboxylic acids is 1. The van der Waals surface area contributed by atoms with Crippen molar-refractivity contribution in [1.29, 1.82) is 0 Å². The summed E-state index contributed by atoms with van der Waals surface area (Å²) in [6, 6.07) is 1.77. The summed E-state index contributed by atoms with van der Waals surface area (Å²) in [5.74, 6) is -2.42. The van der Waals surface area contributed by atoms with Gasteiger partial charge >= 0.3 is 0 Å². The third kappa shape index (κ3) is 3.92. The predicted molar refractivity (Wildman–Crippen MR) is 66.7 cm³/mol. The highest BCUT2D eigenvalue weighted by atomic mass is 35.5. The molecule has 0 aliphatic heterocycles. The maximum Gasteiger partial charge on any atom is 0.232 e. The Hall–Kier alpha value is -1.21. The minimum atomic E-state index is -3.67. The first kappa shape index (κ1) is 16.8. The van der Waals surface area contributed by atoms with E-state index < -0.39 is 32.9 Å². The van der Waals surface area contributed by atoms with Gasteiger partial charge in [-0.25, -0.2) is 17.2 Å². The number of anilines is 1. The van der Waals surface area contributed by atoms with Gasteiger partial charge in [-0.15, -0.1) is 12.4 Å². The topological polar surface area (TPSA) is 63.2 Å². The van der Waals surface area contributed by atoms with Gasteiger partial charge in [0.05, 0.1) is 17.0 Å². The fourth-order valence-corrected chi connectivity index (χ4v) is 2.38. The van der Waals surface area contributed by atoms with Crippen molar-refractivity contribution in [2.75, 3.05) is 10.5 Å². The molecule has 0 saturated carbocycles. The molecule has 0 unspecified atom stereocenters. The van der Waals surface area contributed by atoms with Gasteiger partial charge in [-0.2, -0.15) is 0 Å². The summed E-state index contributed by atoms with van der Waals surface area (Å²) < 4.78 is 51.2. The van der Waals surface area contributed by atoms with Crippen molar-refractivity contribution in [3.63, 3.8) is 0 Å². The lowest BCUT2D eigenvalue weighted by atomic mass is 10.2. The minimum Gasteiger partial charge on any atom is -0.298 e. The second-order valence-electron chi connectivity index (χ2n) is 3.36. The van der Waals surface area contributed by atoms with Gasteiger partial charge in [0, 0.05) is 0 Å². The minimum absolute atomic E-state index is 0. The maximum absolute atomic E-state index is 13.5. The molecule has 0 atom stereocenters. The van der Waals surface area contributed by atoms with E-state index in [2.05, 4.69) is 0 Å². The van der Waals surface area contributed by atoms with Crippen LogP contribution in [0.3, 0.4) is 0 Å². The third-order valence-electron chi connectivity index (χ3n) is 1.98. The van der Waals surface area contributed by atoms with Crippen LogP contribution in [-0.4, -0.2) is 20.5 Å². The van der Waals surface area contributed by atoms with Gasteiger partial charge in [0.2, 0.25) is 10.0 Å². The SMILES string of the molecule is CCCS(=O)(=O)Nc1ccc(F)c(C=O)c1F.Cl. The van der Waals surface area contributed by atoms with Crippen LogP contribution in [0.4, 0.5) is 14.5 Å². The molecular weight excluding hydrogens is 288 g/mol. The highest BCUT2D eigenvalue weighted by Crippen LogP contribution is 2.20. The Morgan fingerprint density at radius 3 is 2.44 bits per heavy atom. The molecule has 1 aromatic carbocycles. The second kappa shape index (κ2) is 6.65. The second-order valence-corrected chi connectivity index (χ2v) is 5.20. The van der Waals surface area contributed by atoms with Gasteiger partial charge in [-0.05, 0) is 18.6 Å². The quantitative estimate of drug-likeness (QED) is 0.849. The molecule has 0 amide bonds. The maximum atomic E-state index is 13.5. The first-order valence-electron chi connectivity index (χ1n) is 4.85. The molecule has 102 valence electrons. The summed E-state index contributed by atoms with van der Waals surface area (Å²) >= 11 is 0. The van der Waals surface area contributed by atoms with E-state index in [1.807, 2.05) is 4.72 Å². The number of hydrogen-bond acceptors (Lipinski definition) is 3. The van der Waals surface area contributed by atoms with Crippen LogP contribution >= 0.6 is 12.4 Å². The first-order valence-corrected chi connectivity index (χ1v) is 6.50. The lowest BCUT2D eigenvalue weighted by molar-refractivity contribution is 0.111. The van der Waals surface area contributed by atoms with Gasteiger partial charge in [-0.3, -0.25) is 9.52 Å². The molecule has 1 aromatic rings. The van der Waals surface area contributed by atoms with Crippen LogP contribution in [0.2, 0.25) is 0 Å². The number of rotatable bonds is 5. The number of halogens is 3. The number of aldehydes is 1. The molecule has 0 aromatic heterocycles. The number of benzene rings is 1. The summed E-state index contributed by atoms with van der Waals surface area (Å²) in [6.07, 6.45) is 0.362. The number of sulfonamides is 1. The number of hydrogen-bond donors (Lipinski definition) is 1. The summed E-state index contributed by atoms with van der Waals surface area (Å²) in [5.41, 5.74) is -1.22. The van der Waals surface area contributed by atoms with Crippen LogP contribution in [0.15, 0.2) is 12.1 Å². The predicted octanol–water partition coefficient (Wildman–Crippen LogP) is 2.35. The van der Waals surface area contributed by atoms with Crippen LogP contribution in [0, 0.1) is 11.6 Å². The van der Waals surface area contributed by atoms with Crippen LogP contribution in [0.25, 0.3) is 0 Å². The van der Waals surface area contributed by atoms with Gasteiger partial charge in [0.15, 0.2) is 12.1 Å². The molecule has 1 N–H and O–H groups in total. The highest BCUT2D eigenvalue weighted by molar-refractivity contribution is 7.92. The van der Waals surface area contributed by atoms with Crippen molar-refractivity contribution in [3.05, 3.63) is 29.3 Å². The van der Waals surface area contributed by atoms with E-state index >= 15 is 0 Å². The molecule has 18 heavy (non-hydrogen) atoms. The monoisotopic (exact) mass is 299 g/mol. The Kier molecular flexibility index (Phi) is 6.20. The Bertz CT molecular complexity index is 534. The van der Waals surface area contributed by atoms with E-state index in [0.29, 0.717) is 6.42 Å². The van der Waals surface area contributed by atoms with E-state index in [0.717, 1.165) is 12.1 Å². The lowest BCUT2D eigenvalue weighted by Crippen LogP contribution is -2.17. The van der Waals surface area contributed by atoms with Gasteiger partial charge in [-0.1, -0.05) is 6.92 Å². The Labute approximate surface area is 110 Å². The van der Waals surface area contributed by atoms with E-state index in [9.17, 15) is 22.0 Å². The fourth-order valence-electron chi connectivity index (χ4n) is 1.24. The van der Waals surface area contributed by atoms with Gasteiger partial charge < -0.3 is 0 Å². The van der Waals surface area contributed by atoms with Crippen LogP contribution < -0.4 is 4.72 Å². The third-order valence-corrected chi connectivity index (χ3v) is 3.46. The average molecular weight is 300 g/mol.